The molecule has 0 aliphatic carbocycles. The number of ether oxygens (including phenoxy) is 1. The number of benzene rings is 1. The van der Waals surface area contributed by atoms with Gasteiger partial charge in [-0.05, 0) is 30.7 Å². The monoisotopic (exact) mass is 377 g/mol. The first-order valence-electron chi connectivity index (χ1n) is 9.50. The second-order valence-corrected chi connectivity index (χ2v) is 7.94. The van der Waals surface area contributed by atoms with Crippen LogP contribution in [0.5, 0.6) is 5.75 Å². The van der Waals surface area contributed by atoms with Crippen LogP contribution in [0.25, 0.3) is 0 Å². The van der Waals surface area contributed by atoms with E-state index in [0.717, 1.165) is 82.0 Å². The van der Waals surface area contributed by atoms with Crippen LogP contribution in [-0.4, -0.2) is 86.7 Å². The molecular formula is C19H31N5OS. The molecule has 0 radical (unpaired) electrons. The number of methoxy groups -OCH3 is 1. The predicted octanol–water partition coefficient (Wildman–Crippen LogP) is 1.57. The van der Waals surface area contributed by atoms with Gasteiger partial charge in [-0.3, -0.25) is 9.89 Å². The van der Waals surface area contributed by atoms with E-state index < -0.39 is 0 Å². The van der Waals surface area contributed by atoms with Gasteiger partial charge in [-0.25, -0.2) is 0 Å². The van der Waals surface area contributed by atoms with Gasteiger partial charge in [0, 0.05) is 69.6 Å². The first-order valence-corrected chi connectivity index (χ1v) is 10.7. The lowest BCUT2D eigenvalue weighted by molar-refractivity contribution is 0.256. The SMILES string of the molecule is COc1ccc(N2CCN(CCCN=C(N)N3CCSCC3)CC2)cc1. The normalized spacial score (nSPS) is 19.7. The molecule has 0 saturated carbocycles. The van der Waals surface area contributed by atoms with Crippen LogP contribution in [0.4, 0.5) is 5.69 Å². The highest BCUT2D eigenvalue weighted by Crippen LogP contribution is 2.20. The molecule has 2 heterocycles. The number of hydrogen-bond donors (Lipinski definition) is 1. The third kappa shape index (κ3) is 5.45. The summed E-state index contributed by atoms with van der Waals surface area (Å²) in [7, 11) is 1.71. The van der Waals surface area contributed by atoms with Gasteiger partial charge in [0.2, 0.25) is 0 Å². The van der Waals surface area contributed by atoms with Crippen LogP contribution in [-0.2, 0) is 0 Å². The molecule has 0 spiro atoms. The molecule has 2 fully saturated rings. The number of nitrogens with zero attached hydrogens (tertiary/aromatic N) is 4. The van der Waals surface area contributed by atoms with Crippen molar-refractivity contribution >= 4 is 23.4 Å². The summed E-state index contributed by atoms with van der Waals surface area (Å²) >= 11 is 1.99. The van der Waals surface area contributed by atoms with Crippen LogP contribution in [0.3, 0.4) is 0 Å². The maximum atomic E-state index is 6.11. The van der Waals surface area contributed by atoms with Gasteiger partial charge in [-0.15, -0.1) is 0 Å². The van der Waals surface area contributed by atoms with E-state index in [4.69, 9.17) is 10.5 Å². The summed E-state index contributed by atoms with van der Waals surface area (Å²) in [5, 5.41) is 0. The van der Waals surface area contributed by atoms with E-state index in [1.54, 1.807) is 7.11 Å². The quantitative estimate of drug-likeness (QED) is 0.461. The van der Waals surface area contributed by atoms with E-state index in [9.17, 15) is 0 Å². The molecule has 2 saturated heterocycles. The molecule has 1 aromatic rings. The summed E-state index contributed by atoms with van der Waals surface area (Å²) in [5.74, 6) is 3.97. The lowest BCUT2D eigenvalue weighted by Gasteiger charge is -2.36. The smallest absolute Gasteiger partial charge is 0.191 e. The second kappa shape index (κ2) is 9.92. The number of piperazine rings is 1. The molecule has 3 rings (SSSR count). The minimum absolute atomic E-state index is 0.731. The average Bonchev–Trinajstić information content (AvgIpc) is 2.72. The van der Waals surface area contributed by atoms with Gasteiger partial charge in [0.05, 0.1) is 7.11 Å². The first kappa shape index (κ1) is 19.2. The Balaban J connectivity index is 1.34. The number of rotatable bonds is 6. The summed E-state index contributed by atoms with van der Waals surface area (Å²) in [6, 6.07) is 8.35. The predicted molar refractivity (Wildman–Crippen MR) is 112 cm³/mol. The van der Waals surface area contributed by atoms with Gasteiger partial charge in [0.15, 0.2) is 5.96 Å². The highest BCUT2D eigenvalue weighted by atomic mass is 32.2. The molecule has 6 nitrogen and oxygen atoms in total. The van der Waals surface area contributed by atoms with Crippen molar-refractivity contribution in [1.82, 2.24) is 9.80 Å². The van der Waals surface area contributed by atoms with Gasteiger partial charge in [0.1, 0.15) is 5.75 Å². The highest BCUT2D eigenvalue weighted by Gasteiger charge is 2.17. The van der Waals surface area contributed by atoms with Crippen molar-refractivity contribution in [1.29, 1.82) is 0 Å². The van der Waals surface area contributed by atoms with Gasteiger partial charge in [0.25, 0.3) is 0 Å². The van der Waals surface area contributed by atoms with Crippen molar-refractivity contribution < 1.29 is 4.74 Å². The number of nitrogens with two attached hydrogens (primary N) is 1. The van der Waals surface area contributed by atoms with E-state index >= 15 is 0 Å². The van der Waals surface area contributed by atoms with Crippen molar-refractivity contribution in [3.63, 3.8) is 0 Å². The van der Waals surface area contributed by atoms with E-state index in [1.807, 2.05) is 23.9 Å². The van der Waals surface area contributed by atoms with Gasteiger partial charge in [-0.2, -0.15) is 11.8 Å². The average molecular weight is 378 g/mol. The third-order valence-corrected chi connectivity index (χ3v) is 5.99. The maximum Gasteiger partial charge on any atom is 0.191 e. The zero-order valence-corrected chi connectivity index (χ0v) is 16.6. The largest absolute Gasteiger partial charge is 0.497 e. The number of anilines is 1. The molecule has 144 valence electrons. The number of guanidine groups is 1. The Morgan fingerprint density at radius 1 is 1.08 bits per heavy atom. The molecule has 0 aromatic heterocycles. The molecule has 7 heteroatoms. The van der Waals surface area contributed by atoms with Gasteiger partial charge < -0.3 is 20.3 Å². The molecule has 2 aliphatic heterocycles. The summed E-state index contributed by atoms with van der Waals surface area (Å²) in [6.07, 6.45) is 1.08. The Hall–Kier alpha value is -1.60. The lowest BCUT2D eigenvalue weighted by atomic mass is 10.2. The fourth-order valence-electron chi connectivity index (χ4n) is 3.40. The number of aliphatic imine (C=N–C) groups is 1. The molecule has 0 amide bonds. The number of hydrogen-bond acceptors (Lipinski definition) is 5. The van der Waals surface area contributed by atoms with Crippen LogP contribution >= 0.6 is 11.8 Å². The van der Waals surface area contributed by atoms with Crippen molar-refractivity contribution in [2.75, 3.05) is 75.9 Å². The molecule has 2 N–H and O–H groups in total. The van der Waals surface area contributed by atoms with E-state index in [1.165, 1.54) is 5.69 Å². The Labute approximate surface area is 161 Å². The summed E-state index contributed by atoms with van der Waals surface area (Å²) in [6.45, 7) is 8.35. The molecular weight excluding hydrogens is 346 g/mol. The third-order valence-electron chi connectivity index (χ3n) is 5.05. The van der Waals surface area contributed by atoms with Crippen LogP contribution in [0.2, 0.25) is 0 Å². The highest BCUT2D eigenvalue weighted by molar-refractivity contribution is 7.99. The Kier molecular flexibility index (Phi) is 7.32. The fourth-order valence-corrected chi connectivity index (χ4v) is 4.31. The summed E-state index contributed by atoms with van der Waals surface area (Å²) in [4.78, 5) is 11.8. The zero-order chi connectivity index (χ0) is 18.2. The Morgan fingerprint density at radius 3 is 2.42 bits per heavy atom. The van der Waals surface area contributed by atoms with Gasteiger partial charge >= 0.3 is 0 Å². The first-order chi connectivity index (χ1) is 12.8. The molecule has 2 aliphatic rings. The van der Waals surface area contributed by atoms with Crippen LogP contribution in [0.1, 0.15) is 6.42 Å². The zero-order valence-electron chi connectivity index (χ0n) is 15.8. The van der Waals surface area contributed by atoms with Crippen LogP contribution < -0.4 is 15.4 Å². The molecule has 0 atom stereocenters. The molecule has 0 unspecified atom stereocenters. The second-order valence-electron chi connectivity index (χ2n) is 6.72. The van der Waals surface area contributed by atoms with Gasteiger partial charge in [-0.1, -0.05) is 0 Å². The van der Waals surface area contributed by atoms with Crippen LogP contribution in [0.15, 0.2) is 29.3 Å². The van der Waals surface area contributed by atoms with Crippen molar-refractivity contribution in [2.24, 2.45) is 10.7 Å². The Bertz CT molecular complexity index is 566. The van der Waals surface area contributed by atoms with E-state index in [2.05, 4.69) is 31.8 Å². The lowest BCUT2D eigenvalue weighted by Crippen LogP contribution is -2.46. The minimum Gasteiger partial charge on any atom is -0.497 e. The van der Waals surface area contributed by atoms with Crippen molar-refractivity contribution in [3.05, 3.63) is 24.3 Å². The van der Waals surface area contributed by atoms with Crippen molar-refractivity contribution in [3.8, 4) is 5.75 Å². The topological polar surface area (TPSA) is 57.3 Å². The summed E-state index contributed by atoms with van der Waals surface area (Å²) in [5.41, 5.74) is 7.39. The fraction of sp³-hybridized carbons (Fsp3) is 0.632. The molecule has 0 bridgehead atoms. The summed E-state index contributed by atoms with van der Waals surface area (Å²) < 4.78 is 5.23. The Morgan fingerprint density at radius 2 is 1.77 bits per heavy atom. The minimum atomic E-state index is 0.731. The van der Waals surface area contributed by atoms with E-state index in [-0.39, 0.29) is 0 Å². The maximum absolute atomic E-state index is 6.11. The molecule has 26 heavy (non-hydrogen) atoms. The molecule has 1 aromatic carbocycles. The van der Waals surface area contributed by atoms with Crippen molar-refractivity contribution in [2.45, 2.75) is 6.42 Å². The number of thioether (sulfide) groups is 1. The standard InChI is InChI=1S/C19H31N5OS/c1-25-18-5-3-17(4-6-18)23-11-9-22(10-12-23)8-2-7-21-19(20)24-13-15-26-16-14-24/h3-6H,2,7-16H2,1H3,(H2,20,21). The van der Waals surface area contributed by atoms with E-state index in [0.29, 0.717) is 0 Å². The van der Waals surface area contributed by atoms with Crippen LogP contribution in [0, 0.1) is 0 Å².